The monoisotopic (exact) mass is 402 g/mol. The van der Waals surface area contributed by atoms with Crippen LogP contribution in [0.3, 0.4) is 0 Å². The van der Waals surface area contributed by atoms with Crippen LogP contribution in [0.2, 0.25) is 0 Å². The zero-order valence-corrected chi connectivity index (χ0v) is 16.6. The first kappa shape index (κ1) is 27.7. The highest BCUT2D eigenvalue weighted by molar-refractivity contribution is 5.87. The molecule has 0 aliphatic carbocycles. The molecular weight excluding hydrogens is 372 g/mol. The van der Waals surface area contributed by atoms with Crippen LogP contribution < -0.4 is 0 Å². The maximum atomic E-state index is 11.0. The van der Waals surface area contributed by atoms with Crippen molar-refractivity contribution in [2.75, 3.05) is 52.9 Å². The van der Waals surface area contributed by atoms with Gasteiger partial charge in [-0.2, -0.15) is 0 Å². The molecule has 9 heteroatoms. The van der Waals surface area contributed by atoms with E-state index in [-0.39, 0.29) is 13.2 Å². The van der Waals surface area contributed by atoms with Gasteiger partial charge in [0.15, 0.2) is 0 Å². The topological polar surface area (TPSA) is 118 Å². The number of hydrogen-bond donors (Lipinski definition) is 1. The molecule has 9 nitrogen and oxygen atoms in total. The van der Waals surface area contributed by atoms with E-state index in [9.17, 15) is 14.4 Å². The molecule has 0 amide bonds. The second-order valence-corrected chi connectivity index (χ2v) is 5.21. The minimum atomic E-state index is -0.981. The van der Waals surface area contributed by atoms with E-state index in [1.165, 1.54) is 0 Å². The average molecular weight is 402 g/mol. The van der Waals surface area contributed by atoms with E-state index in [2.05, 4.69) is 19.7 Å². The SMILES string of the molecule is C=C(C)C(=O)OCCOCCOCCOCCOC(=O)C(=C)C.C=CC(=O)O. The van der Waals surface area contributed by atoms with Crippen LogP contribution >= 0.6 is 0 Å². The molecule has 0 bridgehead atoms. The predicted molar refractivity (Wildman–Crippen MR) is 102 cm³/mol. The largest absolute Gasteiger partial charge is 0.478 e. The highest BCUT2D eigenvalue weighted by atomic mass is 16.6. The molecule has 0 radical (unpaired) electrons. The summed E-state index contributed by atoms with van der Waals surface area (Å²) >= 11 is 0. The van der Waals surface area contributed by atoms with Gasteiger partial charge in [0.25, 0.3) is 0 Å². The molecule has 0 saturated heterocycles. The fourth-order valence-corrected chi connectivity index (χ4v) is 1.17. The average Bonchev–Trinajstić information content (AvgIpc) is 2.65. The van der Waals surface area contributed by atoms with Gasteiger partial charge in [-0.25, -0.2) is 14.4 Å². The van der Waals surface area contributed by atoms with Gasteiger partial charge in [-0.05, 0) is 13.8 Å². The smallest absolute Gasteiger partial charge is 0.333 e. The Morgan fingerprint density at radius 2 is 0.964 bits per heavy atom. The predicted octanol–water partition coefficient (Wildman–Crippen LogP) is 1.53. The zero-order valence-electron chi connectivity index (χ0n) is 16.6. The third kappa shape index (κ3) is 21.6. The van der Waals surface area contributed by atoms with Crippen LogP contribution in [0.5, 0.6) is 0 Å². The molecule has 0 aromatic carbocycles. The van der Waals surface area contributed by atoms with E-state index in [1.54, 1.807) is 13.8 Å². The number of carboxylic acids is 1. The molecule has 0 aromatic heterocycles. The molecule has 0 spiro atoms. The van der Waals surface area contributed by atoms with E-state index in [0.29, 0.717) is 50.8 Å². The Labute approximate surface area is 165 Å². The van der Waals surface area contributed by atoms with Crippen LogP contribution in [-0.2, 0) is 38.1 Å². The molecule has 0 unspecified atom stereocenters. The van der Waals surface area contributed by atoms with Gasteiger partial charge in [0.2, 0.25) is 0 Å². The normalized spacial score (nSPS) is 9.50. The first-order valence-electron chi connectivity index (χ1n) is 8.46. The van der Waals surface area contributed by atoms with Crippen molar-refractivity contribution in [2.24, 2.45) is 0 Å². The minimum Gasteiger partial charge on any atom is -0.478 e. The molecule has 28 heavy (non-hydrogen) atoms. The maximum Gasteiger partial charge on any atom is 0.333 e. The van der Waals surface area contributed by atoms with Crippen LogP contribution in [0.4, 0.5) is 0 Å². The first-order valence-corrected chi connectivity index (χ1v) is 8.46. The van der Waals surface area contributed by atoms with E-state index in [1.807, 2.05) is 0 Å². The maximum absolute atomic E-state index is 11.0. The van der Waals surface area contributed by atoms with Crippen molar-refractivity contribution >= 4 is 17.9 Å². The highest BCUT2D eigenvalue weighted by Gasteiger charge is 2.02. The van der Waals surface area contributed by atoms with Gasteiger partial charge in [0.1, 0.15) is 13.2 Å². The number of carbonyl (C=O) groups is 3. The van der Waals surface area contributed by atoms with Gasteiger partial charge in [-0.1, -0.05) is 19.7 Å². The summed E-state index contributed by atoms with van der Waals surface area (Å²) < 4.78 is 25.4. The summed E-state index contributed by atoms with van der Waals surface area (Å²) in [5.41, 5.74) is 0.727. The summed E-state index contributed by atoms with van der Waals surface area (Å²) in [6.07, 6.45) is 0.833. The van der Waals surface area contributed by atoms with Gasteiger partial charge in [-0.3, -0.25) is 0 Å². The molecule has 160 valence electrons. The lowest BCUT2D eigenvalue weighted by Gasteiger charge is -2.08. The van der Waals surface area contributed by atoms with E-state index in [4.69, 9.17) is 28.8 Å². The molecule has 0 aliphatic rings. The lowest BCUT2D eigenvalue weighted by Crippen LogP contribution is -2.15. The van der Waals surface area contributed by atoms with Crippen LogP contribution in [0.1, 0.15) is 13.8 Å². The third-order valence-electron chi connectivity index (χ3n) is 2.54. The molecule has 0 rings (SSSR count). The summed E-state index contributed by atoms with van der Waals surface area (Å²) in [6.45, 7) is 15.7. The number of carboxylic acid groups (broad SMARTS) is 1. The second kappa shape index (κ2) is 19.3. The number of rotatable bonds is 15. The Hall–Kier alpha value is -2.49. The number of hydrogen-bond acceptors (Lipinski definition) is 8. The molecule has 0 aromatic rings. The van der Waals surface area contributed by atoms with Crippen LogP contribution in [-0.4, -0.2) is 75.9 Å². The van der Waals surface area contributed by atoms with Gasteiger partial charge in [-0.15, -0.1) is 0 Å². The van der Waals surface area contributed by atoms with Crippen molar-refractivity contribution in [3.8, 4) is 0 Å². The summed E-state index contributed by atoms with van der Waals surface area (Å²) in [4.78, 5) is 31.3. The first-order chi connectivity index (χ1) is 13.2. The Balaban J connectivity index is 0. The third-order valence-corrected chi connectivity index (χ3v) is 2.54. The van der Waals surface area contributed by atoms with Gasteiger partial charge < -0.3 is 28.8 Å². The Bertz CT molecular complexity index is 476. The van der Waals surface area contributed by atoms with Gasteiger partial charge in [0.05, 0.1) is 39.6 Å². The van der Waals surface area contributed by atoms with Crippen molar-refractivity contribution in [1.82, 2.24) is 0 Å². The van der Waals surface area contributed by atoms with E-state index >= 15 is 0 Å². The van der Waals surface area contributed by atoms with Crippen molar-refractivity contribution in [3.05, 3.63) is 37.0 Å². The van der Waals surface area contributed by atoms with Gasteiger partial charge in [0, 0.05) is 17.2 Å². The molecule has 0 heterocycles. The summed E-state index contributed by atoms with van der Waals surface area (Å²) in [6, 6.07) is 0. The Morgan fingerprint density at radius 3 is 1.18 bits per heavy atom. The highest BCUT2D eigenvalue weighted by Crippen LogP contribution is 1.92. The van der Waals surface area contributed by atoms with Crippen LogP contribution in [0, 0.1) is 0 Å². The van der Waals surface area contributed by atoms with Crippen molar-refractivity contribution in [1.29, 1.82) is 0 Å². The van der Waals surface area contributed by atoms with Crippen LogP contribution in [0.25, 0.3) is 0 Å². The zero-order chi connectivity index (χ0) is 21.8. The number of esters is 2. The molecule has 0 atom stereocenters. The Morgan fingerprint density at radius 1 is 0.714 bits per heavy atom. The molecule has 0 saturated carbocycles. The number of carbonyl (C=O) groups excluding carboxylic acids is 2. The lowest BCUT2D eigenvalue weighted by molar-refractivity contribution is -0.141. The quantitative estimate of drug-likeness (QED) is 0.247. The molecule has 0 fully saturated rings. The summed E-state index contributed by atoms with van der Waals surface area (Å²) in [5, 5.41) is 7.60. The van der Waals surface area contributed by atoms with Crippen molar-refractivity contribution in [2.45, 2.75) is 13.8 Å². The molecule has 0 aliphatic heterocycles. The van der Waals surface area contributed by atoms with Gasteiger partial charge >= 0.3 is 17.9 Å². The Kier molecular flexibility index (Phi) is 19.1. The van der Waals surface area contributed by atoms with Crippen LogP contribution in [0.15, 0.2) is 37.0 Å². The molecular formula is C19H30O9. The number of ether oxygens (including phenoxy) is 5. The molecule has 1 N–H and O–H groups in total. The fraction of sp³-hybridized carbons (Fsp3) is 0.526. The van der Waals surface area contributed by atoms with Crippen molar-refractivity contribution < 1.29 is 43.2 Å². The standard InChI is InChI=1S/C16H26O7.C3H4O2/c1-13(2)15(17)22-11-9-20-7-5-19-6-8-21-10-12-23-16(18)14(3)4;1-2-3(4)5/h1,3,5-12H2,2,4H3;2H,1H2,(H,4,5). The van der Waals surface area contributed by atoms with E-state index in [0.717, 1.165) is 6.08 Å². The number of aliphatic carboxylic acids is 1. The second-order valence-electron chi connectivity index (χ2n) is 5.21. The summed E-state index contributed by atoms with van der Waals surface area (Å²) in [7, 11) is 0. The lowest BCUT2D eigenvalue weighted by atomic mass is 10.4. The minimum absolute atomic E-state index is 0.192. The van der Waals surface area contributed by atoms with E-state index < -0.39 is 17.9 Å². The summed E-state index contributed by atoms with van der Waals surface area (Å²) in [5.74, 6) is -1.82. The van der Waals surface area contributed by atoms with Crippen molar-refractivity contribution in [3.63, 3.8) is 0 Å². The fourth-order valence-electron chi connectivity index (χ4n) is 1.17.